The van der Waals surface area contributed by atoms with Crippen molar-refractivity contribution < 1.29 is 9.53 Å². The van der Waals surface area contributed by atoms with Gasteiger partial charge in [0.25, 0.3) is 0 Å². The summed E-state index contributed by atoms with van der Waals surface area (Å²) in [6.07, 6.45) is 4.74. The van der Waals surface area contributed by atoms with Gasteiger partial charge in [0.2, 0.25) is 0 Å². The van der Waals surface area contributed by atoms with Gasteiger partial charge < -0.3 is 9.64 Å². The number of esters is 1. The quantitative estimate of drug-likeness (QED) is 0.780. The SMILES string of the molecule is COC(=O)c1ccccc1N(C)CCc1cnn(C)c1. The van der Waals surface area contributed by atoms with Crippen LogP contribution in [0.5, 0.6) is 0 Å². The van der Waals surface area contributed by atoms with E-state index < -0.39 is 0 Å². The van der Waals surface area contributed by atoms with Crippen molar-refractivity contribution in [3.8, 4) is 0 Å². The summed E-state index contributed by atoms with van der Waals surface area (Å²) in [5, 5.41) is 4.15. The highest BCUT2D eigenvalue weighted by Gasteiger charge is 2.14. The van der Waals surface area contributed by atoms with Crippen LogP contribution in [0.25, 0.3) is 0 Å². The highest BCUT2D eigenvalue weighted by molar-refractivity contribution is 5.95. The molecule has 0 aliphatic rings. The maximum absolute atomic E-state index is 11.8. The van der Waals surface area contributed by atoms with Crippen LogP contribution in [-0.4, -0.2) is 36.5 Å². The predicted molar refractivity (Wildman–Crippen MR) is 78.0 cm³/mol. The molecule has 1 heterocycles. The van der Waals surface area contributed by atoms with E-state index in [9.17, 15) is 4.79 Å². The third kappa shape index (κ3) is 3.17. The molecule has 2 aromatic rings. The Bertz CT molecular complexity index is 592. The summed E-state index contributed by atoms with van der Waals surface area (Å²) in [4.78, 5) is 13.8. The van der Waals surface area contributed by atoms with Crippen molar-refractivity contribution in [2.75, 3.05) is 25.6 Å². The molecule has 0 saturated heterocycles. The van der Waals surface area contributed by atoms with E-state index in [4.69, 9.17) is 4.74 Å². The van der Waals surface area contributed by atoms with Gasteiger partial charge in [-0.05, 0) is 24.1 Å². The molecule has 0 atom stereocenters. The molecule has 0 saturated carbocycles. The second-order valence-corrected chi connectivity index (χ2v) is 4.70. The smallest absolute Gasteiger partial charge is 0.339 e. The lowest BCUT2D eigenvalue weighted by Crippen LogP contribution is -2.22. The third-order valence-electron chi connectivity index (χ3n) is 3.21. The third-order valence-corrected chi connectivity index (χ3v) is 3.21. The van der Waals surface area contributed by atoms with Gasteiger partial charge in [0.15, 0.2) is 0 Å². The molecule has 5 heteroatoms. The second kappa shape index (κ2) is 6.23. The average Bonchev–Trinajstić information content (AvgIpc) is 2.89. The van der Waals surface area contributed by atoms with Gasteiger partial charge >= 0.3 is 5.97 Å². The van der Waals surface area contributed by atoms with Crippen molar-refractivity contribution in [1.82, 2.24) is 9.78 Å². The highest BCUT2D eigenvalue weighted by Crippen LogP contribution is 2.20. The second-order valence-electron chi connectivity index (χ2n) is 4.70. The Morgan fingerprint density at radius 1 is 1.40 bits per heavy atom. The van der Waals surface area contributed by atoms with Crippen molar-refractivity contribution >= 4 is 11.7 Å². The van der Waals surface area contributed by atoms with Crippen LogP contribution < -0.4 is 4.90 Å². The van der Waals surface area contributed by atoms with E-state index in [1.165, 1.54) is 12.7 Å². The van der Waals surface area contributed by atoms with Crippen molar-refractivity contribution in [3.63, 3.8) is 0 Å². The molecular weight excluding hydrogens is 254 g/mol. The Hall–Kier alpha value is -2.30. The van der Waals surface area contributed by atoms with Crippen LogP contribution >= 0.6 is 0 Å². The van der Waals surface area contributed by atoms with Crippen LogP contribution in [0, 0.1) is 0 Å². The molecule has 0 fully saturated rings. The summed E-state index contributed by atoms with van der Waals surface area (Å²) in [7, 11) is 5.27. The number of anilines is 1. The lowest BCUT2D eigenvalue weighted by Gasteiger charge is -2.21. The van der Waals surface area contributed by atoms with Gasteiger partial charge in [-0.25, -0.2) is 4.79 Å². The molecule has 0 spiro atoms. The number of carbonyl (C=O) groups excluding carboxylic acids is 1. The fourth-order valence-electron chi connectivity index (χ4n) is 2.11. The molecule has 1 aromatic heterocycles. The number of likely N-dealkylation sites (N-methyl/N-ethyl adjacent to an activating group) is 1. The molecule has 0 N–H and O–H groups in total. The summed E-state index contributed by atoms with van der Waals surface area (Å²) >= 11 is 0. The van der Waals surface area contributed by atoms with Crippen molar-refractivity contribution in [3.05, 3.63) is 47.8 Å². The number of hydrogen-bond acceptors (Lipinski definition) is 4. The summed E-state index contributed by atoms with van der Waals surface area (Å²) in [5.41, 5.74) is 2.64. The summed E-state index contributed by atoms with van der Waals surface area (Å²) < 4.78 is 6.60. The number of para-hydroxylation sites is 1. The molecule has 0 radical (unpaired) electrons. The number of carbonyl (C=O) groups is 1. The van der Waals surface area contributed by atoms with Crippen LogP contribution in [0.2, 0.25) is 0 Å². The zero-order chi connectivity index (χ0) is 14.5. The monoisotopic (exact) mass is 273 g/mol. The van der Waals surface area contributed by atoms with E-state index in [-0.39, 0.29) is 5.97 Å². The summed E-state index contributed by atoms with van der Waals surface area (Å²) in [6, 6.07) is 7.46. The van der Waals surface area contributed by atoms with Crippen molar-refractivity contribution in [2.45, 2.75) is 6.42 Å². The fourth-order valence-corrected chi connectivity index (χ4v) is 2.11. The average molecular weight is 273 g/mol. The fraction of sp³-hybridized carbons (Fsp3) is 0.333. The highest BCUT2D eigenvalue weighted by atomic mass is 16.5. The molecule has 0 aliphatic carbocycles. The van der Waals surface area contributed by atoms with Crippen LogP contribution in [0.3, 0.4) is 0 Å². The van der Waals surface area contributed by atoms with Crippen LogP contribution in [0.15, 0.2) is 36.7 Å². The molecule has 2 rings (SSSR count). The number of ether oxygens (including phenoxy) is 1. The minimum Gasteiger partial charge on any atom is -0.465 e. The van der Waals surface area contributed by atoms with Gasteiger partial charge in [-0.1, -0.05) is 12.1 Å². The lowest BCUT2D eigenvalue weighted by atomic mass is 10.1. The molecule has 5 nitrogen and oxygen atoms in total. The number of methoxy groups -OCH3 is 1. The summed E-state index contributed by atoms with van der Waals surface area (Å²) in [6.45, 7) is 0.805. The minimum atomic E-state index is -0.311. The maximum atomic E-state index is 11.8. The number of rotatable bonds is 5. The van der Waals surface area contributed by atoms with Gasteiger partial charge in [0.05, 0.1) is 24.6 Å². The minimum absolute atomic E-state index is 0.311. The van der Waals surface area contributed by atoms with E-state index in [1.807, 2.05) is 44.7 Å². The van der Waals surface area contributed by atoms with E-state index in [2.05, 4.69) is 10.00 Å². The van der Waals surface area contributed by atoms with E-state index in [0.29, 0.717) is 5.56 Å². The van der Waals surface area contributed by atoms with E-state index >= 15 is 0 Å². The Kier molecular flexibility index (Phi) is 4.40. The van der Waals surface area contributed by atoms with Gasteiger partial charge in [-0.15, -0.1) is 0 Å². The largest absolute Gasteiger partial charge is 0.465 e. The topological polar surface area (TPSA) is 47.4 Å². The van der Waals surface area contributed by atoms with Crippen LogP contribution in [-0.2, 0) is 18.2 Å². The zero-order valence-corrected chi connectivity index (χ0v) is 12.0. The van der Waals surface area contributed by atoms with E-state index in [1.54, 1.807) is 10.7 Å². The van der Waals surface area contributed by atoms with Crippen LogP contribution in [0.4, 0.5) is 5.69 Å². The lowest BCUT2D eigenvalue weighted by molar-refractivity contribution is 0.0601. The van der Waals surface area contributed by atoms with Gasteiger partial charge in [0.1, 0.15) is 0 Å². The first-order valence-corrected chi connectivity index (χ1v) is 6.48. The van der Waals surface area contributed by atoms with Gasteiger partial charge in [-0.3, -0.25) is 4.68 Å². The number of aryl methyl sites for hydroxylation is 1. The summed E-state index contributed by atoms with van der Waals surface area (Å²) in [5.74, 6) is -0.311. The maximum Gasteiger partial charge on any atom is 0.339 e. The number of nitrogens with zero attached hydrogens (tertiary/aromatic N) is 3. The normalized spacial score (nSPS) is 10.3. The predicted octanol–water partition coefficient (Wildman–Crippen LogP) is 1.89. The van der Waals surface area contributed by atoms with E-state index in [0.717, 1.165) is 18.7 Å². The van der Waals surface area contributed by atoms with Crippen molar-refractivity contribution in [2.24, 2.45) is 7.05 Å². The molecule has 20 heavy (non-hydrogen) atoms. The molecule has 0 aliphatic heterocycles. The molecule has 0 unspecified atom stereocenters. The first kappa shape index (κ1) is 14.1. The molecule has 0 bridgehead atoms. The molecule has 0 amide bonds. The van der Waals surface area contributed by atoms with Crippen LogP contribution in [0.1, 0.15) is 15.9 Å². The molecule has 106 valence electrons. The van der Waals surface area contributed by atoms with Gasteiger partial charge in [-0.2, -0.15) is 5.10 Å². The first-order chi connectivity index (χ1) is 9.61. The number of benzene rings is 1. The van der Waals surface area contributed by atoms with Crippen molar-refractivity contribution in [1.29, 1.82) is 0 Å². The molecule has 1 aromatic carbocycles. The number of hydrogen-bond donors (Lipinski definition) is 0. The Morgan fingerprint density at radius 2 is 2.15 bits per heavy atom. The standard InChI is InChI=1S/C15H19N3O2/c1-17(9-8-12-10-16-18(2)11-12)14-7-5-4-6-13(14)15(19)20-3/h4-7,10-11H,8-9H2,1-3H3. The Labute approximate surface area is 118 Å². The zero-order valence-electron chi connectivity index (χ0n) is 12.0. The number of aromatic nitrogens is 2. The van der Waals surface area contributed by atoms with Gasteiger partial charge in [0, 0.05) is 26.8 Å². The first-order valence-electron chi connectivity index (χ1n) is 6.48. The Balaban J connectivity index is 2.09. The molecular formula is C15H19N3O2. The Morgan fingerprint density at radius 3 is 2.80 bits per heavy atom.